The highest BCUT2D eigenvalue weighted by atomic mass is 16.3. The highest BCUT2D eigenvalue weighted by Gasteiger charge is 2.14. The summed E-state index contributed by atoms with van der Waals surface area (Å²) in [7, 11) is 0. The summed E-state index contributed by atoms with van der Waals surface area (Å²) >= 11 is 0. The van der Waals surface area contributed by atoms with Gasteiger partial charge in [0.25, 0.3) is 0 Å². The van der Waals surface area contributed by atoms with Crippen molar-refractivity contribution in [1.82, 2.24) is 0 Å². The average molecular weight is 212 g/mol. The van der Waals surface area contributed by atoms with Crippen LogP contribution in [0.5, 0.6) is 0 Å². The lowest BCUT2D eigenvalue weighted by atomic mass is 10.1. The van der Waals surface area contributed by atoms with E-state index in [1.54, 1.807) is 0 Å². The van der Waals surface area contributed by atoms with E-state index in [-0.39, 0.29) is 0 Å². The molecule has 1 aliphatic carbocycles. The summed E-state index contributed by atoms with van der Waals surface area (Å²) < 4.78 is 6.04. The lowest BCUT2D eigenvalue weighted by Gasteiger charge is -1.97. The van der Waals surface area contributed by atoms with Gasteiger partial charge in [0.15, 0.2) is 0 Å². The van der Waals surface area contributed by atoms with E-state index in [2.05, 4.69) is 37.3 Å². The highest BCUT2D eigenvalue weighted by Crippen LogP contribution is 2.32. The molecule has 16 heavy (non-hydrogen) atoms. The number of rotatable bonds is 1. The largest absolute Gasteiger partial charge is 0.460 e. The molecule has 0 unspecified atom stereocenters. The van der Waals surface area contributed by atoms with Crippen molar-refractivity contribution in [3.05, 3.63) is 41.2 Å². The Morgan fingerprint density at radius 1 is 1.31 bits per heavy atom. The number of allylic oxidation sites excluding steroid dienone is 1. The maximum atomic E-state index is 6.04. The van der Waals surface area contributed by atoms with E-state index in [1.165, 1.54) is 35.1 Å². The second kappa shape index (κ2) is 3.82. The van der Waals surface area contributed by atoms with E-state index in [0.717, 1.165) is 18.4 Å². The molecular formula is C15H16O. The van der Waals surface area contributed by atoms with E-state index >= 15 is 0 Å². The van der Waals surface area contributed by atoms with Crippen LogP contribution in [-0.2, 0) is 12.8 Å². The fraction of sp³-hybridized carbons (Fsp3) is 0.333. The highest BCUT2D eigenvalue weighted by molar-refractivity contribution is 5.90. The van der Waals surface area contributed by atoms with Crippen molar-refractivity contribution >= 4 is 17.0 Å². The molecule has 1 nitrogen and oxygen atoms in total. The molecule has 3 rings (SSSR count). The van der Waals surface area contributed by atoms with Crippen molar-refractivity contribution < 1.29 is 4.42 Å². The first kappa shape index (κ1) is 9.71. The third-order valence-corrected chi connectivity index (χ3v) is 3.35. The van der Waals surface area contributed by atoms with Crippen LogP contribution in [0.4, 0.5) is 0 Å². The van der Waals surface area contributed by atoms with Gasteiger partial charge in [0.2, 0.25) is 0 Å². The molecule has 82 valence electrons. The molecule has 1 heteroatoms. The lowest BCUT2D eigenvalue weighted by molar-refractivity contribution is 0.538. The van der Waals surface area contributed by atoms with Crippen LogP contribution in [0.1, 0.15) is 36.7 Å². The number of hydrogen-bond acceptors (Lipinski definition) is 1. The molecule has 0 radical (unpaired) electrons. The quantitative estimate of drug-likeness (QED) is 0.685. The van der Waals surface area contributed by atoms with Gasteiger partial charge in [0.1, 0.15) is 11.3 Å². The SMILES string of the molecule is CCc1cccc2c3c(oc12)CCCC=C3. The van der Waals surface area contributed by atoms with Gasteiger partial charge < -0.3 is 4.42 Å². The van der Waals surface area contributed by atoms with Gasteiger partial charge in [-0.3, -0.25) is 0 Å². The minimum absolute atomic E-state index is 1.04. The van der Waals surface area contributed by atoms with Crippen molar-refractivity contribution in [2.75, 3.05) is 0 Å². The maximum Gasteiger partial charge on any atom is 0.138 e. The molecule has 0 fully saturated rings. The Balaban J connectivity index is 2.31. The molecule has 1 aliphatic rings. The summed E-state index contributed by atoms with van der Waals surface area (Å²) in [4.78, 5) is 0. The molecule has 2 aromatic rings. The van der Waals surface area contributed by atoms with Gasteiger partial charge >= 0.3 is 0 Å². The number of aryl methyl sites for hydroxylation is 2. The Morgan fingerprint density at radius 2 is 2.25 bits per heavy atom. The van der Waals surface area contributed by atoms with Crippen LogP contribution < -0.4 is 0 Å². The zero-order valence-corrected chi connectivity index (χ0v) is 9.62. The smallest absolute Gasteiger partial charge is 0.138 e. The molecule has 0 N–H and O–H groups in total. The van der Waals surface area contributed by atoms with Gasteiger partial charge in [0.05, 0.1) is 0 Å². The molecule has 0 saturated carbocycles. The van der Waals surface area contributed by atoms with Crippen LogP contribution in [0.25, 0.3) is 17.0 Å². The summed E-state index contributed by atoms with van der Waals surface area (Å²) in [5.41, 5.74) is 3.73. The van der Waals surface area contributed by atoms with Gasteiger partial charge in [-0.2, -0.15) is 0 Å². The van der Waals surface area contributed by atoms with E-state index in [1.807, 2.05) is 0 Å². The summed E-state index contributed by atoms with van der Waals surface area (Å²) in [5.74, 6) is 1.17. The molecule has 1 aromatic carbocycles. The van der Waals surface area contributed by atoms with Crippen molar-refractivity contribution in [3.8, 4) is 0 Å². The number of furan rings is 1. The van der Waals surface area contributed by atoms with Crippen molar-refractivity contribution in [2.24, 2.45) is 0 Å². The van der Waals surface area contributed by atoms with Crippen LogP contribution >= 0.6 is 0 Å². The molecule has 0 saturated heterocycles. The standard InChI is InChI=1S/C15H16O/c1-2-11-7-6-9-13-12-8-4-3-5-10-14(12)16-15(11)13/h4,6-9H,2-3,5,10H2,1H3. The molecule has 1 aromatic heterocycles. The van der Waals surface area contributed by atoms with Crippen LogP contribution in [0, 0.1) is 0 Å². The molecule has 0 atom stereocenters. The number of para-hydroxylation sites is 1. The number of fused-ring (bicyclic) bond motifs is 3. The van der Waals surface area contributed by atoms with Gasteiger partial charge in [-0.05, 0) is 24.8 Å². The summed E-state index contributed by atoms with van der Waals surface area (Å²) in [6.07, 6.45) is 8.96. The van der Waals surface area contributed by atoms with E-state index in [4.69, 9.17) is 4.42 Å². The van der Waals surface area contributed by atoms with Crippen molar-refractivity contribution in [2.45, 2.75) is 32.6 Å². The minimum atomic E-state index is 1.04. The molecule has 0 bridgehead atoms. The Hall–Kier alpha value is -1.50. The van der Waals surface area contributed by atoms with E-state index in [9.17, 15) is 0 Å². The first-order chi connectivity index (χ1) is 7.90. The third-order valence-electron chi connectivity index (χ3n) is 3.35. The van der Waals surface area contributed by atoms with Crippen molar-refractivity contribution in [1.29, 1.82) is 0 Å². The second-order valence-corrected chi connectivity index (χ2v) is 4.38. The first-order valence-electron chi connectivity index (χ1n) is 6.10. The normalized spacial score (nSPS) is 15.1. The average Bonchev–Trinajstić information content (AvgIpc) is 2.52. The number of hydrogen-bond donors (Lipinski definition) is 0. The second-order valence-electron chi connectivity index (χ2n) is 4.38. The molecular weight excluding hydrogens is 196 g/mol. The van der Waals surface area contributed by atoms with Crippen LogP contribution in [-0.4, -0.2) is 0 Å². The van der Waals surface area contributed by atoms with Crippen molar-refractivity contribution in [3.63, 3.8) is 0 Å². The Kier molecular flexibility index (Phi) is 2.32. The fourth-order valence-electron chi connectivity index (χ4n) is 2.47. The Labute approximate surface area is 95.8 Å². The topological polar surface area (TPSA) is 13.1 Å². The molecule has 1 heterocycles. The molecule has 0 spiro atoms. The van der Waals surface area contributed by atoms with Gasteiger partial charge in [-0.15, -0.1) is 0 Å². The lowest BCUT2D eigenvalue weighted by Crippen LogP contribution is -1.80. The third kappa shape index (κ3) is 1.39. The monoisotopic (exact) mass is 212 g/mol. The molecule has 0 amide bonds. The first-order valence-corrected chi connectivity index (χ1v) is 6.10. The fourth-order valence-corrected chi connectivity index (χ4v) is 2.47. The minimum Gasteiger partial charge on any atom is -0.460 e. The van der Waals surface area contributed by atoms with Crippen LogP contribution in [0.3, 0.4) is 0 Å². The predicted molar refractivity (Wildman–Crippen MR) is 67.6 cm³/mol. The number of benzene rings is 1. The Bertz CT molecular complexity index is 546. The summed E-state index contributed by atoms with van der Waals surface area (Å²) in [6.45, 7) is 2.18. The zero-order valence-electron chi connectivity index (χ0n) is 9.62. The summed E-state index contributed by atoms with van der Waals surface area (Å²) in [5, 5.41) is 1.28. The van der Waals surface area contributed by atoms with Gasteiger partial charge in [-0.25, -0.2) is 0 Å². The van der Waals surface area contributed by atoms with Crippen LogP contribution in [0.2, 0.25) is 0 Å². The van der Waals surface area contributed by atoms with Gasteiger partial charge in [0, 0.05) is 17.4 Å². The van der Waals surface area contributed by atoms with Crippen LogP contribution in [0.15, 0.2) is 28.7 Å². The Morgan fingerprint density at radius 3 is 3.12 bits per heavy atom. The van der Waals surface area contributed by atoms with E-state index in [0.29, 0.717) is 0 Å². The maximum absolute atomic E-state index is 6.04. The zero-order chi connectivity index (χ0) is 11.0. The van der Waals surface area contributed by atoms with Gasteiger partial charge in [-0.1, -0.05) is 37.3 Å². The van der Waals surface area contributed by atoms with E-state index < -0.39 is 0 Å². The predicted octanol–water partition coefficient (Wildman–Crippen LogP) is 4.34. The summed E-state index contributed by atoms with van der Waals surface area (Å²) in [6, 6.07) is 6.47. The molecule has 0 aliphatic heterocycles.